The molecule has 128 valence electrons. The minimum atomic E-state index is 0.0247. The number of hydrogen-bond acceptors (Lipinski definition) is 4. The van der Waals surface area contributed by atoms with E-state index in [1.807, 2.05) is 11.6 Å². The quantitative estimate of drug-likeness (QED) is 0.735. The van der Waals surface area contributed by atoms with E-state index < -0.39 is 0 Å². The van der Waals surface area contributed by atoms with Crippen LogP contribution in [-0.4, -0.2) is 21.4 Å². The molecular weight excluding hydrogens is 350 g/mol. The first-order valence-electron chi connectivity index (χ1n) is 8.31. The first-order valence-corrected chi connectivity index (χ1v) is 10.2. The molecule has 4 rings (SSSR count). The lowest BCUT2D eigenvalue weighted by Gasteiger charge is -2.13. The molecule has 0 aliphatic carbocycles. The zero-order valence-electron chi connectivity index (χ0n) is 14.2. The van der Waals surface area contributed by atoms with E-state index >= 15 is 0 Å². The number of hydrogen-bond donors (Lipinski definition) is 1. The van der Waals surface area contributed by atoms with Crippen LogP contribution in [0.1, 0.15) is 33.9 Å². The fourth-order valence-corrected chi connectivity index (χ4v) is 5.27. The largest absolute Gasteiger partial charge is 0.310 e. The summed E-state index contributed by atoms with van der Waals surface area (Å²) in [5.41, 5.74) is 4.33. The molecule has 25 heavy (non-hydrogen) atoms. The van der Waals surface area contributed by atoms with E-state index in [4.69, 9.17) is 5.10 Å². The van der Waals surface area contributed by atoms with Gasteiger partial charge >= 0.3 is 0 Å². The fourth-order valence-electron chi connectivity index (χ4n) is 3.11. The summed E-state index contributed by atoms with van der Waals surface area (Å²) in [6.07, 6.45) is 1.00. The van der Waals surface area contributed by atoms with E-state index in [0.29, 0.717) is 5.75 Å². The number of nitrogens with zero attached hydrogens (tertiary/aromatic N) is 2. The molecule has 1 aliphatic rings. The first kappa shape index (κ1) is 16.4. The Morgan fingerprint density at radius 2 is 2.08 bits per heavy atom. The van der Waals surface area contributed by atoms with Gasteiger partial charge in [0.2, 0.25) is 5.91 Å². The van der Waals surface area contributed by atoms with Gasteiger partial charge in [-0.3, -0.25) is 4.79 Å². The SMILES string of the molecule is CCc1ccc(-n2nc(C)c3c2NC(=O)CSC3c2cccs2)cc1. The van der Waals surface area contributed by atoms with Gasteiger partial charge in [-0.15, -0.1) is 23.1 Å². The molecule has 6 heteroatoms. The maximum Gasteiger partial charge on any atom is 0.235 e. The average molecular weight is 370 g/mol. The van der Waals surface area contributed by atoms with Crippen LogP contribution in [0.15, 0.2) is 41.8 Å². The molecule has 0 radical (unpaired) electrons. The van der Waals surface area contributed by atoms with Crippen molar-refractivity contribution in [3.05, 3.63) is 63.5 Å². The van der Waals surface area contributed by atoms with Crippen LogP contribution in [-0.2, 0) is 11.2 Å². The summed E-state index contributed by atoms with van der Waals surface area (Å²) in [6.45, 7) is 4.16. The van der Waals surface area contributed by atoms with Crippen LogP contribution < -0.4 is 5.32 Å². The predicted octanol–water partition coefficient (Wildman–Crippen LogP) is 4.58. The maximum atomic E-state index is 12.3. The summed E-state index contributed by atoms with van der Waals surface area (Å²) in [6, 6.07) is 12.6. The van der Waals surface area contributed by atoms with Gasteiger partial charge in [-0.2, -0.15) is 5.10 Å². The maximum absolute atomic E-state index is 12.3. The van der Waals surface area contributed by atoms with Gasteiger partial charge in [-0.05, 0) is 42.5 Å². The minimum absolute atomic E-state index is 0.0247. The summed E-state index contributed by atoms with van der Waals surface area (Å²) in [4.78, 5) is 13.5. The number of thioether (sulfide) groups is 1. The van der Waals surface area contributed by atoms with E-state index in [1.54, 1.807) is 23.1 Å². The van der Waals surface area contributed by atoms with Crippen LogP contribution in [0.3, 0.4) is 0 Å². The van der Waals surface area contributed by atoms with Gasteiger partial charge in [-0.1, -0.05) is 25.1 Å². The Balaban J connectivity index is 1.85. The number of carbonyl (C=O) groups is 1. The smallest absolute Gasteiger partial charge is 0.235 e. The summed E-state index contributed by atoms with van der Waals surface area (Å²) < 4.78 is 1.87. The zero-order valence-corrected chi connectivity index (χ0v) is 15.8. The third-order valence-corrected chi connectivity index (χ3v) is 6.74. The predicted molar refractivity (Wildman–Crippen MR) is 105 cm³/mol. The van der Waals surface area contributed by atoms with Crippen molar-refractivity contribution in [1.29, 1.82) is 0 Å². The molecule has 0 saturated carbocycles. The van der Waals surface area contributed by atoms with Crippen molar-refractivity contribution in [2.75, 3.05) is 11.1 Å². The minimum Gasteiger partial charge on any atom is -0.310 e. The molecular formula is C19H19N3OS2. The van der Waals surface area contributed by atoms with E-state index in [9.17, 15) is 4.79 Å². The Labute approximate surface area is 155 Å². The van der Waals surface area contributed by atoms with Crippen LogP contribution >= 0.6 is 23.1 Å². The number of carbonyl (C=O) groups excluding carboxylic acids is 1. The topological polar surface area (TPSA) is 46.9 Å². The number of thiophene rings is 1. The Kier molecular flexibility index (Phi) is 4.39. The lowest BCUT2D eigenvalue weighted by molar-refractivity contribution is -0.113. The second kappa shape index (κ2) is 6.69. The van der Waals surface area contributed by atoms with Gasteiger partial charge in [0, 0.05) is 10.4 Å². The van der Waals surface area contributed by atoms with Crippen LogP contribution in [0, 0.1) is 6.92 Å². The Bertz CT molecular complexity index is 898. The van der Waals surface area contributed by atoms with Crippen molar-refractivity contribution in [2.45, 2.75) is 25.5 Å². The Morgan fingerprint density at radius 3 is 2.76 bits per heavy atom. The second-order valence-corrected chi connectivity index (χ2v) is 8.11. The molecule has 0 bridgehead atoms. The monoisotopic (exact) mass is 369 g/mol. The molecule has 2 aromatic heterocycles. The van der Waals surface area contributed by atoms with Gasteiger partial charge in [-0.25, -0.2) is 4.68 Å². The van der Waals surface area contributed by atoms with Crippen molar-refractivity contribution < 1.29 is 4.79 Å². The highest BCUT2D eigenvalue weighted by Crippen LogP contribution is 2.45. The van der Waals surface area contributed by atoms with E-state index in [2.05, 4.69) is 54.0 Å². The van der Waals surface area contributed by atoms with Crippen molar-refractivity contribution in [2.24, 2.45) is 0 Å². The van der Waals surface area contributed by atoms with Crippen LogP contribution in [0.4, 0.5) is 5.82 Å². The number of anilines is 1. The summed E-state index contributed by atoms with van der Waals surface area (Å²) in [7, 11) is 0. The molecule has 1 amide bonds. The molecule has 0 fully saturated rings. The lowest BCUT2D eigenvalue weighted by Crippen LogP contribution is -2.15. The number of nitrogens with one attached hydrogen (secondary N) is 1. The second-order valence-electron chi connectivity index (χ2n) is 6.03. The number of aromatic nitrogens is 2. The summed E-state index contributed by atoms with van der Waals surface area (Å²) in [5, 5.41) is 10.0. The van der Waals surface area contributed by atoms with E-state index in [1.165, 1.54) is 10.4 Å². The Hall–Kier alpha value is -2.05. The molecule has 1 N–H and O–H groups in total. The van der Waals surface area contributed by atoms with Crippen molar-refractivity contribution in [3.63, 3.8) is 0 Å². The molecule has 1 aliphatic heterocycles. The van der Waals surface area contributed by atoms with Gasteiger partial charge < -0.3 is 5.32 Å². The van der Waals surface area contributed by atoms with Crippen molar-refractivity contribution in [3.8, 4) is 5.69 Å². The average Bonchev–Trinajstić information content (AvgIpc) is 3.22. The Morgan fingerprint density at radius 1 is 1.28 bits per heavy atom. The van der Waals surface area contributed by atoms with Crippen LogP contribution in [0.5, 0.6) is 0 Å². The molecule has 1 atom stereocenters. The zero-order chi connectivity index (χ0) is 17.4. The number of rotatable bonds is 3. The molecule has 3 aromatic rings. The summed E-state index contributed by atoms with van der Waals surface area (Å²) >= 11 is 3.39. The standard InChI is InChI=1S/C19H19N3OS2/c1-3-13-6-8-14(9-7-13)22-19-17(12(2)21-22)18(15-5-4-10-24-15)25-11-16(23)20-19/h4-10,18H,3,11H2,1-2H3,(H,20,23). The molecule has 0 saturated heterocycles. The molecule has 3 heterocycles. The van der Waals surface area contributed by atoms with Crippen molar-refractivity contribution in [1.82, 2.24) is 9.78 Å². The molecule has 1 unspecified atom stereocenters. The molecule has 4 nitrogen and oxygen atoms in total. The highest BCUT2D eigenvalue weighted by molar-refractivity contribution is 8.00. The third-order valence-electron chi connectivity index (χ3n) is 4.40. The van der Waals surface area contributed by atoms with Gasteiger partial charge in [0.1, 0.15) is 5.82 Å². The molecule has 1 aromatic carbocycles. The number of fused-ring (bicyclic) bond motifs is 1. The van der Waals surface area contributed by atoms with Gasteiger partial charge in [0.05, 0.1) is 22.4 Å². The van der Waals surface area contributed by atoms with Crippen LogP contribution in [0.25, 0.3) is 5.69 Å². The van der Waals surface area contributed by atoms with Crippen molar-refractivity contribution >= 4 is 34.8 Å². The van der Waals surface area contributed by atoms with Gasteiger partial charge in [0.25, 0.3) is 0 Å². The normalized spacial score (nSPS) is 17.0. The highest BCUT2D eigenvalue weighted by Gasteiger charge is 2.30. The summed E-state index contributed by atoms with van der Waals surface area (Å²) in [5.74, 6) is 1.28. The van der Waals surface area contributed by atoms with Gasteiger partial charge in [0.15, 0.2) is 0 Å². The van der Waals surface area contributed by atoms with E-state index in [0.717, 1.165) is 29.2 Å². The highest BCUT2D eigenvalue weighted by atomic mass is 32.2. The molecule has 0 spiro atoms. The lowest BCUT2D eigenvalue weighted by atomic mass is 10.1. The fraction of sp³-hybridized carbons (Fsp3) is 0.263. The van der Waals surface area contributed by atoms with E-state index in [-0.39, 0.29) is 11.2 Å². The first-order chi connectivity index (χ1) is 12.2. The van der Waals surface area contributed by atoms with Crippen LogP contribution in [0.2, 0.25) is 0 Å². The number of aryl methyl sites for hydroxylation is 2. The number of amides is 1. The number of benzene rings is 1. The third kappa shape index (κ3) is 3.00.